The summed E-state index contributed by atoms with van der Waals surface area (Å²) in [6.07, 6.45) is 3.23. The summed E-state index contributed by atoms with van der Waals surface area (Å²) in [4.78, 5) is 0. The Balaban J connectivity index is 2.09. The number of aliphatic hydroxyl groups is 1. The van der Waals surface area contributed by atoms with E-state index in [0.29, 0.717) is 0 Å². The molecule has 92 valence electrons. The summed E-state index contributed by atoms with van der Waals surface area (Å²) in [5.74, 6) is 0. The Morgan fingerprint density at radius 2 is 2.00 bits per heavy atom. The molecule has 3 nitrogen and oxygen atoms in total. The van der Waals surface area contributed by atoms with Crippen molar-refractivity contribution in [1.29, 1.82) is 0 Å². The predicted molar refractivity (Wildman–Crippen MR) is 69.7 cm³/mol. The minimum atomic E-state index is -0.457. The van der Waals surface area contributed by atoms with Gasteiger partial charge in [-0.25, -0.2) is 0 Å². The Kier molecular flexibility index (Phi) is 2.99. The highest BCUT2D eigenvalue weighted by Crippen LogP contribution is 2.37. The zero-order valence-electron chi connectivity index (χ0n) is 9.72. The smallest absolute Gasteiger partial charge is 0.124 e. The van der Waals surface area contributed by atoms with Crippen LogP contribution in [0.4, 0.5) is 5.69 Å². The molecule has 2 heterocycles. The number of hydrogen-bond donors (Lipinski definition) is 3. The minimum absolute atomic E-state index is 0.457. The predicted octanol–water partition coefficient (Wildman–Crippen LogP) is 1.70. The normalized spacial score (nSPS) is 23.3. The fourth-order valence-corrected chi connectivity index (χ4v) is 3.13. The average molecular weight is 253 g/mol. The number of nitrogens with one attached hydrogen (secondary N) is 2. The second-order valence-corrected chi connectivity index (χ2v) is 5.19. The van der Waals surface area contributed by atoms with Gasteiger partial charge < -0.3 is 15.7 Å². The molecule has 3 N–H and O–H groups in total. The van der Waals surface area contributed by atoms with Crippen molar-refractivity contribution < 1.29 is 5.11 Å². The van der Waals surface area contributed by atoms with E-state index < -0.39 is 6.23 Å². The molecule has 1 atom stereocenters. The van der Waals surface area contributed by atoms with E-state index in [9.17, 15) is 5.11 Å². The fourth-order valence-electron chi connectivity index (χ4n) is 2.74. The number of rotatable bonds is 0. The van der Waals surface area contributed by atoms with Crippen LogP contribution in [0.15, 0.2) is 6.07 Å². The summed E-state index contributed by atoms with van der Waals surface area (Å²) < 4.78 is 0. The molecule has 2 aliphatic rings. The monoisotopic (exact) mass is 252 g/mol. The van der Waals surface area contributed by atoms with Gasteiger partial charge in [0.2, 0.25) is 0 Å². The molecule has 0 bridgehead atoms. The Labute approximate surface area is 106 Å². The standard InChI is InChI=1S/C13H17ClN2O/c14-12-10-4-6-15-5-3-8(10)7-9-1-2-11(17)16-13(9)12/h7,11,15-17H,1-6H2. The van der Waals surface area contributed by atoms with Gasteiger partial charge in [0, 0.05) is 0 Å². The molecule has 0 fully saturated rings. The lowest BCUT2D eigenvalue weighted by atomic mass is 9.93. The van der Waals surface area contributed by atoms with Crippen molar-refractivity contribution in [1.82, 2.24) is 5.32 Å². The van der Waals surface area contributed by atoms with Crippen molar-refractivity contribution in [2.45, 2.75) is 31.9 Å². The molecule has 0 spiro atoms. The van der Waals surface area contributed by atoms with E-state index in [0.717, 1.165) is 49.5 Å². The van der Waals surface area contributed by atoms with Crippen LogP contribution < -0.4 is 10.6 Å². The number of hydrogen-bond acceptors (Lipinski definition) is 3. The lowest BCUT2D eigenvalue weighted by Crippen LogP contribution is -2.25. The largest absolute Gasteiger partial charge is 0.374 e. The van der Waals surface area contributed by atoms with Crippen LogP contribution in [0, 0.1) is 0 Å². The number of benzene rings is 1. The van der Waals surface area contributed by atoms with Crippen molar-refractivity contribution in [2.24, 2.45) is 0 Å². The van der Waals surface area contributed by atoms with Crippen LogP contribution in [0.1, 0.15) is 23.1 Å². The summed E-state index contributed by atoms with van der Waals surface area (Å²) in [5, 5.41) is 17.0. The Hall–Kier alpha value is -0.770. The molecular formula is C13H17ClN2O. The maximum absolute atomic E-state index is 9.66. The first-order valence-corrected chi connectivity index (χ1v) is 6.62. The van der Waals surface area contributed by atoms with Crippen molar-refractivity contribution in [2.75, 3.05) is 18.4 Å². The molecule has 0 saturated heterocycles. The quantitative estimate of drug-likeness (QED) is 0.659. The van der Waals surface area contributed by atoms with E-state index in [-0.39, 0.29) is 0 Å². The van der Waals surface area contributed by atoms with Crippen molar-refractivity contribution in [3.63, 3.8) is 0 Å². The number of aliphatic hydroxyl groups excluding tert-OH is 1. The molecule has 0 aliphatic carbocycles. The zero-order valence-corrected chi connectivity index (χ0v) is 10.5. The van der Waals surface area contributed by atoms with Gasteiger partial charge in [-0.3, -0.25) is 0 Å². The van der Waals surface area contributed by atoms with Crippen LogP contribution in [0.5, 0.6) is 0 Å². The molecule has 1 aromatic carbocycles. The number of fused-ring (bicyclic) bond motifs is 2. The van der Waals surface area contributed by atoms with E-state index in [4.69, 9.17) is 11.6 Å². The molecule has 0 saturated carbocycles. The van der Waals surface area contributed by atoms with Gasteiger partial charge in [0.1, 0.15) is 6.23 Å². The molecule has 2 aliphatic heterocycles. The summed E-state index contributed by atoms with van der Waals surface area (Å²) in [5.41, 5.74) is 4.82. The molecular weight excluding hydrogens is 236 g/mol. The highest BCUT2D eigenvalue weighted by molar-refractivity contribution is 6.34. The summed E-state index contributed by atoms with van der Waals surface area (Å²) in [6.45, 7) is 2.01. The number of anilines is 1. The summed E-state index contributed by atoms with van der Waals surface area (Å²) in [7, 11) is 0. The van der Waals surface area contributed by atoms with Crippen LogP contribution in [0.3, 0.4) is 0 Å². The van der Waals surface area contributed by atoms with Gasteiger partial charge in [0.25, 0.3) is 0 Å². The topological polar surface area (TPSA) is 44.3 Å². The van der Waals surface area contributed by atoms with E-state index in [1.165, 1.54) is 16.7 Å². The van der Waals surface area contributed by atoms with Crippen LogP contribution in [0.2, 0.25) is 5.02 Å². The second kappa shape index (κ2) is 4.48. The van der Waals surface area contributed by atoms with Crippen molar-refractivity contribution >= 4 is 17.3 Å². The third kappa shape index (κ3) is 2.03. The van der Waals surface area contributed by atoms with Crippen LogP contribution in [0.25, 0.3) is 0 Å². The molecule has 0 radical (unpaired) electrons. The Morgan fingerprint density at radius 3 is 2.88 bits per heavy atom. The SMILES string of the molecule is OC1CCc2cc3c(c(Cl)c2N1)CCNCC3. The van der Waals surface area contributed by atoms with E-state index >= 15 is 0 Å². The molecule has 1 aromatic rings. The number of aryl methyl sites for hydroxylation is 1. The Morgan fingerprint density at radius 1 is 1.18 bits per heavy atom. The fraction of sp³-hybridized carbons (Fsp3) is 0.538. The lowest BCUT2D eigenvalue weighted by Gasteiger charge is -2.26. The van der Waals surface area contributed by atoms with Crippen molar-refractivity contribution in [3.8, 4) is 0 Å². The molecule has 17 heavy (non-hydrogen) atoms. The molecule has 3 rings (SSSR count). The first-order chi connectivity index (χ1) is 8.25. The molecule has 1 unspecified atom stereocenters. The van der Waals surface area contributed by atoms with Gasteiger partial charge >= 0.3 is 0 Å². The highest BCUT2D eigenvalue weighted by atomic mass is 35.5. The maximum atomic E-state index is 9.66. The summed E-state index contributed by atoms with van der Waals surface area (Å²) >= 11 is 6.48. The molecule has 0 aromatic heterocycles. The summed E-state index contributed by atoms with van der Waals surface area (Å²) in [6, 6.07) is 2.27. The maximum Gasteiger partial charge on any atom is 0.124 e. The molecule has 4 heteroatoms. The van der Waals surface area contributed by atoms with Gasteiger partial charge in [0.15, 0.2) is 0 Å². The average Bonchev–Trinajstić information content (AvgIpc) is 2.56. The first-order valence-electron chi connectivity index (χ1n) is 6.24. The zero-order chi connectivity index (χ0) is 11.8. The van der Waals surface area contributed by atoms with Gasteiger partial charge in [-0.05, 0) is 55.5 Å². The minimum Gasteiger partial charge on any atom is -0.374 e. The van der Waals surface area contributed by atoms with Crippen LogP contribution in [-0.2, 0) is 19.3 Å². The van der Waals surface area contributed by atoms with Gasteiger partial charge in [-0.1, -0.05) is 17.7 Å². The van der Waals surface area contributed by atoms with E-state index in [2.05, 4.69) is 16.7 Å². The number of halogens is 1. The second-order valence-electron chi connectivity index (χ2n) is 4.81. The third-order valence-corrected chi connectivity index (χ3v) is 4.08. The van der Waals surface area contributed by atoms with E-state index in [1.807, 2.05) is 0 Å². The molecule has 0 amide bonds. The lowest BCUT2D eigenvalue weighted by molar-refractivity contribution is 0.189. The van der Waals surface area contributed by atoms with Gasteiger partial charge in [-0.15, -0.1) is 0 Å². The van der Waals surface area contributed by atoms with Crippen molar-refractivity contribution in [3.05, 3.63) is 27.8 Å². The van der Waals surface area contributed by atoms with Gasteiger partial charge in [0.05, 0.1) is 10.7 Å². The van der Waals surface area contributed by atoms with E-state index in [1.54, 1.807) is 0 Å². The van der Waals surface area contributed by atoms with Crippen LogP contribution >= 0.6 is 11.6 Å². The van der Waals surface area contributed by atoms with Crippen LogP contribution in [-0.4, -0.2) is 24.4 Å². The third-order valence-electron chi connectivity index (χ3n) is 3.66. The first kappa shape index (κ1) is 11.3. The highest BCUT2D eigenvalue weighted by Gasteiger charge is 2.22. The Bertz CT molecular complexity index is 444. The van der Waals surface area contributed by atoms with Gasteiger partial charge in [-0.2, -0.15) is 0 Å².